The molecule has 2 heterocycles. The minimum atomic E-state index is -1.34. The average Bonchev–Trinajstić information content (AvgIpc) is 3.03. The van der Waals surface area contributed by atoms with Crippen LogP contribution in [0.3, 0.4) is 0 Å². The lowest BCUT2D eigenvalue weighted by atomic mass is 9.99. The number of aliphatic carboxylic acids is 1. The van der Waals surface area contributed by atoms with Crippen molar-refractivity contribution in [3.05, 3.63) is 23.0 Å². The summed E-state index contributed by atoms with van der Waals surface area (Å²) in [6.07, 6.45) is 0.913. The van der Waals surface area contributed by atoms with Crippen LogP contribution in [-0.4, -0.2) is 49.1 Å². The zero-order valence-corrected chi connectivity index (χ0v) is 14.0. The molecule has 2 rings (SSSR count). The molecule has 1 aromatic heterocycles. The molecule has 0 radical (unpaired) electrons. The number of carboxylic acid groups (broad SMARTS) is 1. The number of aromatic nitrogens is 1. The molecule has 9 heteroatoms. The molecule has 0 aliphatic carbocycles. The Hall–Kier alpha value is -2.52. The van der Waals surface area contributed by atoms with Crippen LogP contribution in [0.2, 0.25) is 0 Å². The number of aromatic hydroxyl groups is 1. The summed E-state index contributed by atoms with van der Waals surface area (Å²) in [6, 6.07) is -0.641. The summed E-state index contributed by atoms with van der Waals surface area (Å²) < 4.78 is 0. The SMILES string of the molecule is CCC(=O)C(O)c1cnc(C)c(O)c1CO.O=C1CC[C@@H](C(=O)O)N1. The number of Topliss-reactive ketones (excluding diaryl/α,β-unsaturated/α-hetero) is 1. The van der Waals surface area contributed by atoms with Crippen molar-refractivity contribution in [1.82, 2.24) is 10.3 Å². The molecule has 0 bridgehead atoms. The fourth-order valence-corrected chi connectivity index (χ4v) is 2.23. The zero-order chi connectivity index (χ0) is 19.1. The van der Waals surface area contributed by atoms with Gasteiger partial charge in [-0.3, -0.25) is 14.6 Å². The first-order chi connectivity index (χ1) is 11.7. The number of hydrogen-bond acceptors (Lipinski definition) is 7. The number of aryl methyl sites for hydroxylation is 1. The maximum atomic E-state index is 11.3. The molecule has 0 saturated carbocycles. The second-order valence-electron chi connectivity index (χ2n) is 5.50. The highest BCUT2D eigenvalue weighted by Gasteiger charge is 2.26. The third-order valence-corrected chi connectivity index (χ3v) is 3.77. The van der Waals surface area contributed by atoms with Crippen LogP contribution in [0.25, 0.3) is 0 Å². The smallest absolute Gasteiger partial charge is 0.326 e. The van der Waals surface area contributed by atoms with Gasteiger partial charge in [-0.25, -0.2) is 4.79 Å². The molecule has 2 atom stereocenters. The highest BCUT2D eigenvalue weighted by molar-refractivity contribution is 5.87. The molecule has 0 aromatic carbocycles. The van der Waals surface area contributed by atoms with E-state index in [1.54, 1.807) is 13.8 Å². The number of aliphatic hydroxyl groups is 2. The van der Waals surface area contributed by atoms with Gasteiger partial charge in [0.05, 0.1) is 12.3 Å². The van der Waals surface area contributed by atoms with Gasteiger partial charge in [0.25, 0.3) is 0 Å². The monoisotopic (exact) mass is 354 g/mol. The van der Waals surface area contributed by atoms with E-state index in [1.807, 2.05) is 0 Å². The number of rotatable bonds is 5. The topological polar surface area (TPSA) is 157 Å². The standard InChI is InChI=1S/C11H15NO4.C5H7NO3/c1-3-9(14)11(16)7-4-12-6(2)10(15)8(7)5-13;7-4-2-1-3(6-4)5(8)9/h4,11,13,15-16H,3,5H2,1-2H3;3H,1-2H2,(H,6,7)(H,8,9)/t;3-/m.0/s1. The van der Waals surface area contributed by atoms with E-state index in [9.17, 15) is 24.6 Å². The predicted molar refractivity (Wildman–Crippen MR) is 85.6 cm³/mol. The summed E-state index contributed by atoms with van der Waals surface area (Å²) >= 11 is 0. The Labute approximate surface area is 144 Å². The molecule has 1 aromatic rings. The maximum Gasteiger partial charge on any atom is 0.326 e. The van der Waals surface area contributed by atoms with Gasteiger partial charge < -0.3 is 25.7 Å². The number of carbonyl (C=O) groups excluding carboxylic acids is 2. The summed E-state index contributed by atoms with van der Waals surface area (Å²) in [5.41, 5.74) is 0.670. The molecule has 0 spiro atoms. The van der Waals surface area contributed by atoms with Gasteiger partial charge in [0.15, 0.2) is 5.78 Å². The number of hydrogen-bond donors (Lipinski definition) is 5. The zero-order valence-electron chi connectivity index (χ0n) is 14.0. The molecule has 1 fully saturated rings. The van der Waals surface area contributed by atoms with Gasteiger partial charge in [0.1, 0.15) is 17.9 Å². The molecule has 1 aliphatic rings. The van der Waals surface area contributed by atoms with Crippen LogP contribution in [0.5, 0.6) is 5.75 Å². The molecule has 138 valence electrons. The number of ketones is 1. The summed E-state index contributed by atoms with van der Waals surface area (Å²) in [7, 11) is 0. The van der Waals surface area contributed by atoms with Gasteiger partial charge in [-0.15, -0.1) is 0 Å². The van der Waals surface area contributed by atoms with E-state index < -0.39 is 24.7 Å². The Morgan fingerprint density at radius 1 is 1.44 bits per heavy atom. The lowest BCUT2D eigenvalue weighted by molar-refractivity contribution is -0.140. The summed E-state index contributed by atoms with van der Waals surface area (Å²) in [5, 5.41) is 39.1. The van der Waals surface area contributed by atoms with Crippen LogP contribution in [0.1, 0.15) is 49.1 Å². The Bertz CT molecular complexity index is 660. The first kappa shape index (κ1) is 20.5. The van der Waals surface area contributed by atoms with E-state index in [4.69, 9.17) is 10.2 Å². The molecular weight excluding hydrogens is 332 g/mol. The molecule has 9 nitrogen and oxygen atoms in total. The average molecular weight is 354 g/mol. The number of carbonyl (C=O) groups is 3. The molecule has 5 N–H and O–H groups in total. The van der Waals surface area contributed by atoms with Crippen molar-refractivity contribution in [2.24, 2.45) is 0 Å². The maximum absolute atomic E-state index is 11.3. The van der Waals surface area contributed by atoms with Crippen molar-refractivity contribution in [3.8, 4) is 5.75 Å². The number of nitrogens with one attached hydrogen (secondary N) is 1. The quantitative estimate of drug-likeness (QED) is 0.492. The van der Waals surface area contributed by atoms with Crippen molar-refractivity contribution in [1.29, 1.82) is 0 Å². The van der Waals surface area contributed by atoms with Crippen LogP contribution < -0.4 is 5.32 Å². The van der Waals surface area contributed by atoms with E-state index in [1.165, 1.54) is 6.20 Å². The van der Waals surface area contributed by atoms with Crippen LogP contribution in [0.15, 0.2) is 6.20 Å². The highest BCUT2D eigenvalue weighted by Crippen LogP contribution is 2.28. The van der Waals surface area contributed by atoms with Crippen LogP contribution in [0.4, 0.5) is 0 Å². The fourth-order valence-electron chi connectivity index (χ4n) is 2.23. The number of amides is 1. The van der Waals surface area contributed by atoms with Crippen LogP contribution in [-0.2, 0) is 21.0 Å². The van der Waals surface area contributed by atoms with E-state index in [2.05, 4.69) is 10.3 Å². The molecule has 25 heavy (non-hydrogen) atoms. The lowest BCUT2D eigenvalue weighted by Gasteiger charge is -2.14. The molecule has 1 aliphatic heterocycles. The van der Waals surface area contributed by atoms with E-state index >= 15 is 0 Å². The van der Waals surface area contributed by atoms with Crippen molar-refractivity contribution in [2.75, 3.05) is 0 Å². The van der Waals surface area contributed by atoms with Crippen molar-refractivity contribution >= 4 is 17.7 Å². The normalized spacial score (nSPS) is 17.3. The summed E-state index contributed by atoms with van der Waals surface area (Å²) in [6.45, 7) is 2.76. The summed E-state index contributed by atoms with van der Waals surface area (Å²) in [5.74, 6) is -1.66. The lowest BCUT2D eigenvalue weighted by Crippen LogP contribution is -2.32. The summed E-state index contributed by atoms with van der Waals surface area (Å²) in [4.78, 5) is 35.7. The number of aliphatic hydroxyl groups excluding tert-OH is 2. The van der Waals surface area contributed by atoms with Gasteiger partial charge in [-0.05, 0) is 13.3 Å². The van der Waals surface area contributed by atoms with Gasteiger partial charge in [0, 0.05) is 30.2 Å². The largest absolute Gasteiger partial charge is 0.506 e. The number of pyridine rings is 1. The van der Waals surface area contributed by atoms with E-state index in [0.717, 1.165) is 0 Å². The van der Waals surface area contributed by atoms with Gasteiger partial charge in [0.2, 0.25) is 5.91 Å². The number of carboxylic acids is 1. The first-order valence-corrected chi connectivity index (χ1v) is 7.74. The minimum Gasteiger partial charge on any atom is -0.506 e. The van der Waals surface area contributed by atoms with Gasteiger partial charge in [-0.1, -0.05) is 6.92 Å². The Morgan fingerprint density at radius 2 is 2.08 bits per heavy atom. The third kappa shape index (κ3) is 5.23. The molecule has 1 amide bonds. The highest BCUT2D eigenvalue weighted by atomic mass is 16.4. The molecule has 1 saturated heterocycles. The van der Waals surface area contributed by atoms with Crippen LogP contribution in [0, 0.1) is 6.92 Å². The first-order valence-electron chi connectivity index (χ1n) is 7.74. The second-order valence-corrected chi connectivity index (χ2v) is 5.50. The van der Waals surface area contributed by atoms with Gasteiger partial charge >= 0.3 is 5.97 Å². The number of nitrogens with zero attached hydrogens (tertiary/aromatic N) is 1. The van der Waals surface area contributed by atoms with E-state index in [0.29, 0.717) is 18.5 Å². The van der Waals surface area contributed by atoms with Crippen molar-refractivity contribution in [2.45, 2.75) is 51.9 Å². The second kappa shape index (κ2) is 9.09. The Kier molecular flexibility index (Phi) is 7.46. The third-order valence-electron chi connectivity index (χ3n) is 3.77. The Morgan fingerprint density at radius 3 is 2.48 bits per heavy atom. The van der Waals surface area contributed by atoms with E-state index in [-0.39, 0.29) is 35.0 Å². The molecule has 1 unspecified atom stereocenters. The Balaban J connectivity index is 0.000000293. The van der Waals surface area contributed by atoms with Crippen molar-refractivity contribution in [3.63, 3.8) is 0 Å². The van der Waals surface area contributed by atoms with Crippen molar-refractivity contribution < 1.29 is 34.8 Å². The van der Waals surface area contributed by atoms with Crippen LogP contribution >= 0.6 is 0 Å². The minimum absolute atomic E-state index is 0.154. The molecular formula is C16H22N2O7. The predicted octanol–water partition coefficient (Wildman–Crippen LogP) is -0.0500. The van der Waals surface area contributed by atoms with Gasteiger partial charge in [-0.2, -0.15) is 0 Å². The fraction of sp³-hybridized carbons (Fsp3) is 0.500.